The Kier molecular flexibility index (Phi) is 5.01. The molecule has 102 valence electrons. The Balaban J connectivity index is 1.84. The molecule has 0 fully saturated rings. The highest BCUT2D eigenvalue weighted by Crippen LogP contribution is 2.19. The van der Waals surface area contributed by atoms with Gasteiger partial charge in [0.1, 0.15) is 0 Å². The van der Waals surface area contributed by atoms with E-state index < -0.39 is 0 Å². The first-order valence-corrected chi connectivity index (χ1v) is 6.95. The van der Waals surface area contributed by atoms with E-state index in [1.807, 2.05) is 19.1 Å². The molecule has 1 aromatic carbocycles. The molecule has 2 rings (SSSR count). The zero-order valence-corrected chi connectivity index (χ0v) is 11.4. The molecule has 0 amide bonds. The van der Waals surface area contributed by atoms with Gasteiger partial charge in [0.2, 0.25) is 0 Å². The second-order valence-electron chi connectivity index (χ2n) is 4.83. The van der Waals surface area contributed by atoms with Crippen molar-refractivity contribution in [1.29, 1.82) is 0 Å². The summed E-state index contributed by atoms with van der Waals surface area (Å²) in [5.41, 5.74) is 1.66. The summed E-state index contributed by atoms with van der Waals surface area (Å²) >= 11 is 0. The fraction of sp³-hybridized carbons (Fsp3) is 0.438. The van der Waals surface area contributed by atoms with Gasteiger partial charge in [-0.3, -0.25) is 0 Å². The first-order chi connectivity index (χ1) is 9.29. The number of anilines is 1. The van der Waals surface area contributed by atoms with Gasteiger partial charge in [-0.15, -0.1) is 0 Å². The third-order valence-corrected chi connectivity index (χ3v) is 3.37. The van der Waals surface area contributed by atoms with E-state index in [9.17, 15) is 4.79 Å². The van der Waals surface area contributed by atoms with E-state index in [1.54, 1.807) is 12.1 Å². The summed E-state index contributed by atoms with van der Waals surface area (Å²) in [5.74, 6) is 0.459. The number of ether oxygens (including phenoxy) is 1. The Morgan fingerprint density at radius 3 is 2.74 bits per heavy atom. The van der Waals surface area contributed by atoms with Crippen molar-refractivity contribution in [2.75, 3.05) is 18.5 Å². The standard InChI is InChI=1S/C16H21NO2/c1-2-19-16(18)14-8-10-15(11-9-14)17-12-13-6-4-3-5-7-13/h3-4,8-11,13,17H,2,5-7,12H2,1H3. The van der Waals surface area contributed by atoms with Crippen molar-refractivity contribution in [3.8, 4) is 0 Å². The van der Waals surface area contributed by atoms with E-state index in [0.29, 0.717) is 12.2 Å². The summed E-state index contributed by atoms with van der Waals surface area (Å²) in [7, 11) is 0. The van der Waals surface area contributed by atoms with Gasteiger partial charge in [-0.1, -0.05) is 12.2 Å². The first kappa shape index (κ1) is 13.7. The van der Waals surface area contributed by atoms with Crippen molar-refractivity contribution < 1.29 is 9.53 Å². The molecule has 1 aliphatic carbocycles. The molecule has 0 bridgehead atoms. The lowest BCUT2D eigenvalue weighted by molar-refractivity contribution is 0.0526. The zero-order valence-electron chi connectivity index (χ0n) is 11.4. The molecular weight excluding hydrogens is 238 g/mol. The maximum absolute atomic E-state index is 11.5. The number of nitrogens with one attached hydrogen (secondary N) is 1. The van der Waals surface area contributed by atoms with E-state index in [-0.39, 0.29) is 5.97 Å². The van der Waals surface area contributed by atoms with Crippen LogP contribution in [0.5, 0.6) is 0 Å². The lowest BCUT2D eigenvalue weighted by Gasteiger charge is -2.18. The van der Waals surface area contributed by atoms with Crippen LogP contribution in [0.4, 0.5) is 5.69 Å². The van der Waals surface area contributed by atoms with Crippen LogP contribution in [-0.2, 0) is 4.74 Å². The number of benzene rings is 1. The molecule has 3 heteroatoms. The molecule has 0 aromatic heterocycles. The van der Waals surface area contributed by atoms with Crippen LogP contribution < -0.4 is 5.32 Å². The Hall–Kier alpha value is -1.77. The fourth-order valence-electron chi connectivity index (χ4n) is 2.24. The smallest absolute Gasteiger partial charge is 0.338 e. The molecule has 1 aromatic rings. The highest BCUT2D eigenvalue weighted by molar-refractivity contribution is 5.89. The van der Waals surface area contributed by atoms with Crippen LogP contribution >= 0.6 is 0 Å². The third kappa shape index (κ3) is 4.12. The van der Waals surface area contributed by atoms with Crippen LogP contribution in [0.1, 0.15) is 36.5 Å². The minimum atomic E-state index is -0.258. The Morgan fingerprint density at radius 1 is 1.32 bits per heavy atom. The van der Waals surface area contributed by atoms with Gasteiger partial charge in [-0.25, -0.2) is 4.79 Å². The minimum Gasteiger partial charge on any atom is -0.462 e. The molecule has 1 atom stereocenters. The van der Waals surface area contributed by atoms with Crippen molar-refractivity contribution in [1.82, 2.24) is 0 Å². The van der Waals surface area contributed by atoms with Gasteiger partial charge >= 0.3 is 5.97 Å². The Bertz CT molecular complexity index is 437. The van der Waals surface area contributed by atoms with Crippen molar-refractivity contribution in [3.05, 3.63) is 42.0 Å². The van der Waals surface area contributed by atoms with Gasteiger partial charge in [-0.05, 0) is 56.4 Å². The van der Waals surface area contributed by atoms with Gasteiger partial charge in [0.25, 0.3) is 0 Å². The third-order valence-electron chi connectivity index (χ3n) is 3.37. The molecule has 0 saturated carbocycles. The Morgan fingerprint density at radius 2 is 2.11 bits per heavy atom. The summed E-state index contributed by atoms with van der Waals surface area (Å²) < 4.78 is 4.96. The highest BCUT2D eigenvalue weighted by atomic mass is 16.5. The average molecular weight is 259 g/mol. The van der Waals surface area contributed by atoms with E-state index in [4.69, 9.17) is 4.74 Å². The molecule has 3 nitrogen and oxygen atoms in total. The number of rotatable bonds is 5. The van der Waals surface area contributed by atoms with E-state index in [2.05, 4.69) is 17.5 Å². The van der Waals surface area contributed by atoms with Crippen molar-refractivity contribution in [2.45, 2.75) is 26.2 Å². The van der Waals surface area contributed by atoms with E-state index in [1.165, 1.54) is 12.8 Å². The first-order valence-electron chi connectivity index (χ1n) is 6.95. The maximum Gasteiger partial charge on any atom is 0.338 e. The van der Waals surface area contributed by atoms with Crippen LogP contribution in [0.3, 0.4) is 0 Å². The van der Waals surface area contributed by atoms with Gasteiger partial charge in [0.05, 0.1) is 12.2 Å². The summed E-state index contributed by atoms with van der Waals surface area (Å²) in [6.07, 6.45) is 8.12. The number of hydrogen-bond acceptors (Lipinski definition) is 3. The number of allylic oxidation sites excluding steroid dienone is 2. The summed E-state index contributed by atoms with van der Waals surface area (Å²) in [6.45, 7) is 3.21. The molecule has 0 heterocycles. The molecule has 0 saturated heterocycles. The number of esters is 1. The van der Waals surface area contributed by atoms with Crippen LogP contribution in [0, 0.1) is 5.92 Å². The van der Waals surface area contributed by atoms with Crippen LogP contribution in [0.15, 0.2) is 36.4 Å². The molecule has 1 N–H and O–H groups in total. The van der Waals surface area contributed by atoms with Crippen LogP contribution in [-0.4, -0.2) is 19.1 Å². The second-order valence-corrected chi connectivity index (χ2v) is 4.83. The van der Waals surface area contributed by atoms with Crippen LogP contribution in [0.25, 0.3) is 0 Å². The quantitative estimate of drug-likeness (QED) is 0.648. The largest absolute Gasteiger partial charge is 0.462 e. The highest BCUT2D eigenvalue weighted by Gasteiger charge is 2.10. The lowest BCUT2D eigenvalue weighted by atomic mass is 9.94. The topological polar surface area (TPSA) is 38.3 Å². The van der Waals surface area contributed by atoms with Crippen molar-refractivity contribution in [2.24, 2.45) is 5.92 Å². The summed E-state index contributed by atoms with van der Waals surface area (Å²) in [5, 5.41) is 3.43. The minimum absolute atomic E-state index is 0.258. The van der Waals surface area contributed by atoms with Crippen molar-refractivity contribution in [3.63, 3.8) is 0 Å². The molecule has 1 aliphatic rings. The summed E-state index contributed by atoms with van der Waals surface area (Å²) in [6, 6.07) is 7.48. The molecule has 1 unspecified atom stereocenters. The van der Waals surface area contributed by atoms with Gasteiger partial charge in [0, 0.05) is 12.2 Å². The van der Waals surface area contributed by atoms with Crippen molar-refractivity contribution >= 4 is 11.7 Å². The van der Waals surface area contributed by atoms with E-state index >= 15 is 0 Å². The molecule has 0 aliphatic heterocycles. The van der Waals surface area contributed by atoms with Gasteiger partial charge < -0.3 is 10.1 Å². The maximum atomic E-state index is 11.5. The average Bonchev–Trinajstić information content (AvgIpc) is 2.47. The summed E-state index contributed by atoms with van der Waals surface area (Å²) in [4.78, 5) is 11.5. The normalized spacial score (nSPS) is 18.1. The van der Waals surface area contributed by atoms with E-state index in [0.717, 1.165) is 24.6 Å². The lowest BCUT2D eigenvalue weighted by Crippen LogP contribution is -2.15. The van der Waals surface area contributed by atoms with Gasteiger partial charge in [0.15, 0.2) is 0 Å². The fourth-order valence-corrected chi connectivity index (χ4v) is 2.24. The SMILES string of the molecule is CCOC(=O)c1ccc(NCC2CC=CCC2)cc1. The number of carbonyl (C=O) groups is 1. The molecule has 0 spiro atoms. The van der Waals surface area contributed by atoms with Crippen LogP contribution in [0.2, 0.25) is 0 Å². The zero-order chi connectivity index (χ0) is 13.5. The Labute approximate surface area is 114 Å². The second kappa shape index (κ2) is 6.98. The van der Waals surface area contributed by atoms with Gasteiger partial charge in [-0.2, -0.15) is 0 Å². The predicted octanol–water partition coefficient (Wildman–Crippen LogP) is 3.63. The molecule has 0 radical (unpaired) electrons. The predicted molar refractivity (Wildman–Crippen MR) is 77.4 cm³/mol. The number of carbonyl (C=O) groups excluding carboxylic acids is 1. The molecular formula is C16H21NO2. The number of hydrogen-bond donors (Lipinski definition) is 1. The molecule has 19 heavy (non-hydrogen) atoms. The monoisotopic (exact) mass is 259 g/mol.